The largest absolute Gasteiger partial charge is 0.228 e. The second-order valence-corrected chi connectivity index (χ2v) is 16.9. The van der Waals surface area contributed by atoms with Crippen molar-refractivity contribution >= 4 is 31.5 Å². The van der Waals surface area contributed by atoms with E-state index in [-0.39, 0.29) is 5.41 Å². The number of nitrogens with zero attached hydrogens (tertiary/aromatic N) is 2. The van der Waals surface area contributed by atoms with E-state index in [9.17, 15) is 0 Å². The lowest BCUT2D eigenvalue weighted by Crippen LogP contribution is -2.14. The molecule has 2 aromatic heterocycles. The van der Waals surface area contributed by atoms with E-state index in [0.717, 1.165) is 39.2 Å². The molecule has 0 atom stereocenters. The van der Waals surface area contributed by atoms with Crippen molar-refractivity contribution in [3.63, 3.8) is 0 Å². The number of fused-ring (bicyclic) bond motifs is 6. The molecule has 0 saturated carbocycles. The zero-order chi connectivity index (χ0) is 38.8. The van der Waals surface area contributed by atoms with Gasteiger partial charge in [0.05, 0.1) is 11.4 Å². The van der Waals surface area contributed by atoms with Gasteiger partial charge in [0.2, 0.25) is 0 Å². The first kappa shape index (κ1) is 34.3. The maximum atomic E-state index is 5.27. The van der Waals surface area contributed by atoms with E-state index in [0.29, 0.717) is 5.82 Å². The lowest BCUT2D eigenvalue weighted by Gasteiger charge is -2.21. The standard InChI is InChI=1S/C55H38N2S/c1-55(2)48-19-11-9-17-44(48)46-32-39(25-27-49(46)55)36-21-23-37(24-22-36)50-34-51(57-54(56-50)38-15-7-4-8-16-38)43-30-41(35-13-5-3-6-14-35)29-42(31-43)40-26-28-53-47(33-40)45-18-10-12-20-52(45)58-53/h3-34H,1-2H3. The number of hydrogen-bond acceptors (Lipinski definition) is 3. The van der Waals surface area contributed by atoms with E-state index in [4.69, 9.17) is 9.97 Å². The highest BCUT2D eigenvalue weighted by molar-refractivity contribution is 7.25. The van der Waals surface area contributed by atoms with Crippen molar-refractivity contribution in [1.82, 2.24) is 9.97 Å². The number of rotatable bonds is 6. The average Bonchev–Trinajstić information content (AvgIpc) is 3.77. The second kappa shape index (κ2) is 13.6. The van der Waals surface area contributed by atoms with Crippen molar-refractivity contribution < 1.29 is 0 Å². The fourth-order valence-electron chi connectivity index (χ4n) is 8.84. The molecule has 1 aliphatic rings. The molecule has 0 spiro atoms. The summed E-state index contributed by atoms with van der Waals surface area (Å²) in [5.41, 5.74) is 17.3. The summed E-state index contributed by atoms with van der Waals surface area (Å²) in [5.74, 6) is 0.704. The number of aromatic nitrogens is 2. The molecule has 0 bridgehead atoms. The smallest absolute Gasteiger partial charge is 0.160 e. The van der Waals surface area contributed by atoms with Gasteiger partial charge in [-0.05, 0) is 104 Å². The molecule has 2 nitrogen and oxygen atoms in total. The van der Waals surface area contributed by atoms with E-state index in [1.807, 2.05) is 29.5 Å². The highest BCUT2D eigenvalue weighted by Gasteiger charge is 2.35. The second-order valence-electron chi connectivity index (χ2n) is 15.8. The van der Waals surface area contributed by atoms with E-state index in [1.165, 1.54) is 64.7 Å². The molecule has 2 heterocycles. The Morgan fingerprint density at radius 2 is 0.879 bits per heavy atom. The minimum Gasteiger partial charge on any atom is -0.228 e. The van der Waals surface area contributed by atoms with Crippen LogP contribution in [-0.2, 0) is 5.41 Å². The Balaban J connectivity index is 1.03. The number of benzene rings is 8. The third-order valence-electron chi connectivity index (χ3n) is 11.9. The first-order chi connectivity index (χ1) is 28.5. The van der Waals surface area contributed by atoms with Gasteiger partial charge in [0.1, 0.15) is 0 Å². The lowest BCUT2D eigenvalue weighted by atomic mass is 9.82. The molecule has 0 aliphatic heterocycles. The Bertz CT molecular complexity index is 3180. The van der Waals surface area contributed by atoms with E-state index >= 15 is 0 Å². The van der Waals surface area contributed by atoms with E-state index in [1.54, 1.807) is 0 Å². The molecule has 58 heavy (non-hydrogen) atoms. The van der Waals surface area contributed by atoms with Gasteiger partial charge < -0.3 is 0 Å². The number of hydrogen-bond donors (Lipinski definition) is 0. The minimum absolute atomic E-state index is 0.0105. The molecule has 0 N–H and O–H groups in total. The van der Waals surface area contributed by atoms with Crippen molar-refractivity contribution in [2.24, 2.45) is 0 Å². The van der Waals surface area contributed by atoms with Crippen LogP contribution in [0.4, 0.5) is 0 Å². The normalized spacial score (nSPS) is 12.8. The first-order valence-corrected chi connectivity index (χ1v) is 20.7. The molecule has 11 rings (SSSR count). The Morgan fingerprint density at radius 3 is 1.67 bits per heavy atom. The summed E-state index contributed by atoms with van der Waals surface area (Å²) in [6.07, 6.45) is 0. The van der Waals surface area contributed by atoms with Gasteiger partial charge in [-0.3, -0.25) is 0 Å². The summed E-state index contributed by atoms with van der Waals surface area (Å²) < 4.78 is 2.61. The van der Waals surface area contributed by atoms with Gasteiger partial charge in [0.25, 0.3) is 0 Å². The topological polar surface area (TPSA) is 25.8 Å². The Kier molecular flexibility index (Phi) is 8.06. The average molecular weight is 759 g/mol. The van der Waals surface area contributed by atoms with Gasteiger partial charge in [-0.15, -0.1) is 11.3 Å². The first-order valence-electron chi connectivity index (χ1n) is 19.9. The van der Waals surface area contributed by atoms with Gasteiger partial charge in [-0.1, -0.05) is 159 Å². The molecule has 0 fully saturated rings. The van der Waals surface area contributed by atoms with Crippen molar-refractivity contribution in [2.75, 3.05) is 0 Å². The Hall–Kier alpha value is -6.94. The third-order valence-corrected chi connectivity index (χ3v) is 13.1. The van der Waals surface area contributed by atoms with Crippen molar-refractivity contribution in [3.8, 4) is 78.4 Å². The predicted octanol–water partition coefficient (Wildman–Crippen LogP) is 15.2. The van der Waals surface area contributed by atoms with Crippen molar-refractivity contribution in [1.29, 1.82) is 0 Å². The lowest BCUT2D eigenvalue weighted by molar-refractivity contribution is 0.660. The van der Waals surface area contributed by atoms with Gasteiger partial charge >= 0.3 is 0 Å². The summed E-state index contributed by atoms with van der Waals surface area (Å²) >= 11 is 1.85. The highest BCUT2D eigenvalue weighted by atomic mass is 32.1. The van der Waals surface area contributed by atoms with Crippen LogP contribution in [0.15, 0.2) is 194 Å². The van der Waals surface area contributed by atoms with Gasteiger partial charge in [0, 0.05) is 42.3 Å². The van der Waals surface area contributed by atoms with E-state index in [2.05, 4.69) is 190 Å². The molecule has 8 aromatic carbocycles. The summed E-state index contributed by atoms with van der Waals surface area (Å²) in [6.45, 7) is 4.66. The molecule has 0 radical (unpaired) electrons. The predicted molar refractivity (Wildman–Crippen MR) is 245 cm³/mol. The van der Waals surface area contributed by atoms with Crippen LogP contribution in [0.2, 0.25) is 0 Å². The summed E-state index contributed by atoms with van der Waals surface area (Å²) in [5, 5.41) is 2.59. The monoisotopic (exact) mass is 758 g/mol. The fourth-order valence-corrected chi connectivity index (χ4v) is 9.92. The molecule has 10 aromatic rings. The molecule has 0 saturated heterocycles. The van der Waals surface area contributed by atoms with Crippen LogP contribution in [0.1, 0.15) is 25.0 Å². The third kappa shape index (κ3) is 5.86. The summed E-state index contributed by atoms with van der Waals surface area (Å²) in [6, 6.07) is 70.2. The minimum atomic E-state index is -0.0105. The van der Waals surface area contributed by atoms with E-state index < -0.39 is 0 Å². The molecule has 3 heteroatoms. The van der Waals surface area contributed by atoms with Crippen LogP contribution >= 0.6 is 11.3 Å². The zero-order valence-electron chi connectivity index (χ0n) is 32.3. The summed E-state index contributed by atoms with van der Waals surface area (Å²) in [7, 11) is 0. The SMILES string of the molecule is CC1(C)c2ccccc2-c2cc(-c3ccc(-c4cc(-c5cc(-c6ccccc6)cc(-c6ccc7sc8ccccc8c7c6)c5)nc(-c5ccccc5)n4)cc3)ccc21. The maximum Gasteiger partial charge on any atom is 0.160 e. The van der Waals surface area contributed by atoms with Crippen LogP contribution in [0.25, 0.3) is 98.6 Å². The quantitative estimate of drug-likeness (QED) is 0.169. The molecular weight excluding hydrogens is 721 g/mol. The summed E-state index contributed by atoms with van der Waals surface area (Å²) in [4.78, 5) is 10.5. The van der Waals surface area contributed by atoms with Crippen LogP contribution in [-0.4, -0.2) is 9.97 Å². The molecular formula is C55H38N2S. The molecule has 0 unspecified atom stereocenters. The molecule has 1 aliphatic carbocycles. The Labute approximate surface area is 342 Å². The van der Waals surface area contributed by atoms with Gasteiger partial charge in [-0.25, -0.2) is 9.97 Å². The maximum absolute atomic E-state index is 5.27. The fraction of sp³-hybridized carbons (Fsp3) is 0.0545. The van der Waals surface area contributed by atoms with Crippen LogP contribution < -0.4 is 0 Å². The number of thiophene rings is 1. The van der Waals surface area contributed by atoms with Crippen LogP contribution in [0, 0.1) is 0 Å². The zero-order valence-corrected chi connectivity index (χ0v) is 33.1. The van der Waals surface area contributed by atoms with Crippen LogP contribution in [0.5, 0.6) is 0 Å². The van der Waals surface area contributed by atoms with Gasteiger partial charge in [-0.2, -0.15) is 0 Å². The van der Waals surface area contributed by atoms with Gasteiger partial charge in [0.15, 0.2) is 5.82 Å². The Morgan fingerprint density at radius 1 is 0.345 bits per heavy atom. The molecule has 274 valence electrons. The van der Waals surface area contributed by atoms with Crippen LogP contribution in [0.3, 0.4) is 0 Å². The molecule has 0 amide bonds. The van der Waals surface area contributed by atoms with Crippen molar-refractivity contribution in [3.05, 3.63) is 205 Å². The highest BCUT2D eigenvalue weighted by Crippen LogP contribution is 2.49. The van der Waals surface area contributed by atoms with Crippen molar-refractivity contribution in [2.45, 2.75) is 19.3 Å².